The van der Waals surface area contributed by atoms with Crippen LogP contribution in [0.4, 0.5) is 18.9 Å². The number of halogens is 4. The van der Waals surface area contributed by atoms with E-state index in [0.29, 0.717) is 24.0 Å². The van der Waals surface area contributed by atoms with Gasteiger partial charge in [-0.05, 0) is 66.6 Å². The van der Waals surface area contributed by atoms with Gasteiger partial charge in [-0.3, -0.25) is 4.79 Å². The molecule has 0 spiro atoms. The molecule has 0 aliphatic rings. The SMILES string of the molecule is COc1ccc(CCNS(=O)(=O)c2ccc(OCC(=O)Nc3ccc(Cl)cc3C(F)(F)F)cc2)cc1OC. The maximum atomic E-state index is 13.2. The summed E-state index contributed by atoms with van der Waals surface area (Å²) >= 11 is 5.63. The standard InChI is InChI=1S/C25H24ClF3N2O6S/c1-35-22-10-3-16(13-23(22)36-2)11-12-30-38(33,34)19-7-5-18(6-8-19)37-15-24(32)31-21-9-4-17(26)14-20(21)25(27,28)29/h3-10,13-14,30H,11-12,15H2,1-2H3,(H,31,32). The van der Waals surface area contributed by atoms with Crippen LogP contribution in [-0.4, -0.2) is 41.7 Å². The third-order valence-electron chi connectivity index (χ3n) is 5.22. The van der Waals surface area contributed by atoms with Crippen molar-refractivity contribution in [2.24, 2.45) is 0 Å². The predicted molar refractivity (Wildman–Crippen MR) is 135 cm³/mol. The van der Waals surface area contributed by atoms with E-state index in [1.165, 1.54) is 44.6 Å². The number of amides is 1. The monoisotopic (exact) mass is 572 g/mol. The Morgan fingerprint density at radius 3 is 2.26 bits per heavy atom. The Morgan fingerprint density at radius 1 is 0.947 bits per heavy atom. The third kappa shape index (κ3) is 7.76. The fraction of sp³-hybridized carbons (Fsp3) is 0.240. The average Bonchev–Trinajstić information content (AvgIpc) is 2.88. The lowest BCUT2D eigenvalue weighted by molar-refractivity contribution is -0.137. The first-order chi connectivity index (χ1) is 17.9. The summed E-state index contributed by atoms with van der Waals surface area (Å²) in [4.78, 5) is 12.1. The molecule has 0 radical (unpaired) electrons. The summed E-state index contributed by atoms with van der Waals surface area (Å²) in [7, 11) is -0.802. The van der Waals surface area contributed by atoms with Crippen molar-refractivity contribution in [3.8, 4) is 17.2 Å². The summed E-state index contributed by atoms with van der Waals surface area (Å²) < 4.78 is 83.0. The molecule has 0 aromatic heterocycles. The summed E-state index contributed by atoms with van der Waals surface area (Å²) in [5.41, 5.74) is -0.712. The highest BCUT2D eigenvalue weighted by Gasteiger charge is 2.34. The quantitative estimate of drug-likeness (QED) is 0.338. The number of rotatable bonds is 11. The Hall–Kier alpha value is -3.48. The van der Waals surface area contributed by atoms with Gasteiger partial charge in [-0.1, -0.05) is 17.7 Å². The van der Waals surface area contributed by atoms with E-state index >= 15 is 0 Å². The van der Waals surface area contributed by atoms with Gasteiger partial charge in [0.1, 0.15) is 5.75 Å². The van der Waals surface area contributed by atoms with Crippen LogP contribution in [0.3, 0.4) is 0 Å². The topological polar surface area (TPSA) is 103 Å². The normalized spacial score (nSPS) is 11.6. The largest absolute Gasteiger partial charge is 0.493 e. The van der Waals surface area contributed by atoms with E-state index in [4.69, 9.17) is 25.8 Å². The molecule has 0 atom stereocenters. The van der Waals surface area contributed by atoms with Crippen LogP contribution in [-0.2, 0) is 27.4 Å². The van der Waals surface area contributed by atoms with Gasteiger partial charge in [-0.25, -0.2) is 13.1 Å². The Labute approximate surface area is 222 Å². The van der Waals surface area contributed by atoms with Gasteiger partial charge in [-0.2, -0.15) is 13.2 Å². The average molecular weight is 573 g/mol. The van der Waals surface area contributed by atoms with E-state index in [9.17, 15) is 26.4 Å². The van der Waals surface area contributed by atoms with Crippen LogP contribution in [0.15, 0.2) is 65.6 Å². The van der Waals surface area contributed by atoms with Crippen molar-refractivity contribution in [2.45, 2.75) is 17.5 Å². The fourth-order valence-corrected chi connectivity index (χ4v) is 4.56. The van der Waals surface area contributed by atoms with Gasteiger partial charge in [0, 0.05) is 11.6 Å². The molecule has 3 rings (SSSR count). The summed E-state index contributed by atoms with van der Waals surface area (Å²) in [6, 6.07) is 13.5. The number of carbonyl (C=O) groups is 1. The van der Waals surface area contributed by atoms with Crippen LogP contribution in [0.2, 0.25) is 5.02 Å². The highest BCUT2D eigenvalue weighted by Crippen LogP contribution is 2.36. The lowest BCUT2D eigenvalue weighted by Gasteiger charge is -2.14. The van der Waals surface area contributed by atoms with Crippen LogP contribution in [0.25, 0.3) is 0 Å². The lowest BCUT2D eigenvalue weighted by atomic mass is 10.1. The molecule has 0 bridgehead atoms. The van der Waals surface area contributed by atoms with Crippen molar-refractivity contribution < 1.29 is 40.6 Å². The number of hydrogen-bond donors (Lipinski definition) is 2. The first kappa shape index (κ1) is 29.1. The fourth-order valence-electron chi connectivity index (χ4n) is 3.36. The van der Waals surface area contributed by atoms with Crippen molar-refractivity contribution in [3.05, 3.63) is 76.8 Å². The summed E-state index contributed by atoms with van der Waals surface area (Å²) in [5, 5.41) is 2.01. The van der Waals surface area contributed by atoms with Gasteiger partial charge in [-0.15, -0.1) is 0 Å². The van der Waals surface area contributed by atoms with E-state index in [0.717, 1.165) is 11.6 Å². The van der Waals surface area contributed by atoms with E-state index in [2.05, 4.69) is 10.0 Å². The van der Waals surface area contributed by atoms with Gasteiger partial charge >= 0.3 is 6.18 Å². The number of sulfonamides is 1. The number of methoxy groups -OCH3 is 2. The molecule has 204 valence electrons. The van der Waals surface area contributed by atoms with Crippen LogP contribution in [0.1, 0.15) is 11.1 Å². The first-order valence-corrected chi connectivity index (χ1v) is 12.9. The molecule has 2 N–H and O–H groups in total. The molecule has 13 heteroatoms. The molecule has 0 aliphatic heterocycles. The van der Waals surface area contributed by atoms with E-state index < -0.39 is 40.0 Å². The van der Waals surface area contributed by atoms with E-state index in [1.807, 2.05) is 0 Å². The molecule has 8 nitrogen and oxygen atoms in total. The number of benzene rings is 3. The van der Waals surface area contributed by atoms with Crippen LogP contribution >= 0.6 is 11.6 Å². The first-order valence-electron chi connectivity index (χ1n) is 11.0. The van der Waals surface area contributed by atoms with Gasteiger partial charge in [0.2, 0.25) is 10.0 Å². The van der Waals surface area contributed by atoms with Crippen LogP contribution in [0, 0.1) is 0 Å². The summed E-state index contributed by atoms with van der Waals surface area (Å²) in [6.45, 7) is -0.476. The Kier molecular flexibility index (Phi) is 9.47. The third-order valence-corrected chi connectivity index (χ3v) is 6.93. The molecule has 3 aromatic carbocycles. The summed E-state index contributed by atoms with van der Waals surface area (Å²) in [5.74, 6) is 0.404. The molecule has 0 saturated carbocycles. The van der Waals surface area contributed by atoms with Crippen molar-refractivity contribution in [1.82, 2.24) is 4.72 Å². The number of nitrogens with one attached hydrogen (secondary N) is 2. The Morgan fingerprint density at radius 2 is 1.63 bits per heavy atom. The molecule has 0 aliphatic carbocycles. The van der Waals surface area contributed by atoms with Crippen molar-refractivity contribution >= 4 is 33.2 Å². The smallest absolute Gasteiger partial charge is 0.418 e. The molecule has 0 fully saturated rings. The minimum Gasteiger partial charge on any atom is -0.493 e. The zero-order valence-electron chi connectivity index (χ0n) is 20.3. The molecule has 0 heterocycles. The number of carbonyl (C=O) groups excluding carboxylic acids is 1. The Bertz CT molecular complexity index is 1380. The number of ether oxygens (including phenoxy) is 3. The second-order valence-electron chi connectivity index (χ2n) is 7.83. The van der Waals surface area contributed by atoms with Gasteiger partial charge in [0.25, 0.3) is 5.91 Å². The highest BCUT2D eigenvalue weighted by molar-refractivity contribution is 7.89. The van der Waals surface area contributed by atoms with Crippen LogP contribution < -0.4 is 24.2 Å². The minimum atomic E-state index is -4.72. The molecular formula is C25H24ClF3N2O6S. The van der Waals surface area contributed by atoms with Crippen molar-refractivity contribution in [2.75, 3.05) is 32.7 Å². The molecule has 1 amide bonds. The lowest BCUT2D eigenvalue weighted by Crippen LogP contribution is -2.26. The van der Waals surface area contributed by atoms with Crippen molar-refractivity contribution in [1.29, 1.82) is 0 Å². The van der Waals surface area contributed by atoms with E-state index in [1.54, 1.807) is 18.2 Å². The predicted octanol–water partition coefficient (Wildman–Crippen LogP) is 4.91. The summed E-state index contributed by atoms with van der Waals surface area (Å²) in [6.07, 6.45) is -4.31. The molecule has 0 unspecified atom stereocenters. The highest BCUT2D eigenvalue weighted by atomic mass is 35.5. The molecule has 0 saturated heterocycles. The molecular weight excluding hydrogens is 549 g/mol. The van der Waals surface area contributed by atoms with Gasteiger partial charge in [0.15, 0.2) is 18.1 Å². The maximum Gasteiger partial charge on any atom is 0.418 e. The Balaban J connectivity index is 1.54. The van der Waals surface area contributed by atoms with Gasteiger partial charge < -0.3 is 19.5 Å². The molecule has 3 aromatic rings. The zero-order valence-corrected chi connectivity index (χ0v) is 21.8. The number of hydrogen-bond acceptors (Lipinski definition) is 6. The van der Waals surface area contributed by atoms with Crippen LogP contribution in [0.5, 0.6) is 17.2 Å². The van der Waals surface area contributed by atoms with E-state index in [-0.39, 0.29) is 22.2 Å². The van der Waals surface area contributed by atoms with Gasteiger partial charge in [0.05, 0.1) is 30.4 Å². The minimum absolute atomic E-state index is 0.0300. The zero-order chi connectivity index (χ0) is 27.9. The second-order valence-corrected chi connectivity index (χ2v) is 10.0. The van der Waals surface area contributed by atoms with Crippen molar-refractivity contribution in [3.63, 3.8) is 0 Å². The maximum absolute atomic E-state index is 13.2. The number of alkyl halides is 3. The second kappa shape index (κ2) is 12.4. The number of anilines is 1. The molecule has 38 heavy (non-hydrogen) atoms.